The lowest BCUT2D eigenvalue weighted by Crippen LogP contribution is -2.45. The summed E-state index contributed by atoms with van der Waals surface area (Å²) < 4.78 is 0. The van der Waals surface area contributed by atoms with Gasteiger partial charge in [0.1, 0.15) is 0 Å². The molecular weight excluding hydrogens is 218 g/mol. The van der Waals surface area contributed by atoms with Crippen molar-refractivity contribution in [3.05, 3.63) is 24.4 Å². The van der Waals surface area contributed by atoms with E-state index in [2.05, 4.69) is 28.2 Å². The third kappa shape index (κ3) is 3.77. The van der Waals surface area contributed by atoms with Crippen LogP contribution in [0, 0.1) is 0 Å². The molecule has 4 heteroatoms. The van der Waals surface area contributed by atoms with Crippen molar-refractivity contribution in [2.24, 2.45) is 0 Å². The van der Waals surface area contributed by atoms with E-state index in [4.69, 9.17) is 0 Å². The van der Waals surface area contributed by atoms with Crippen LogP contribution in [0.2, 0.25) is 0 Å². The van der Waals surface area contributed by atoms with Crippen LogP contribution in [-0.4, -0.2) is 47.9 Å². The Morgan fingerprint density at radius 2 is 2.25 bits per heavy atom. The molecule has 0 bridgehead atoms. The molecule has 1 unspecified atom stereocenters. The largest absolute Gasteiger partial charge is 0.314 e. The van der Waals surface area contributed by atoms with Gasteiger partial charge in [-0.1, -0.05) is 13.0 Å². The zero-order chi connectivity index (χ0) is 11.2. The van der Waals surface area contributed by atoms with Gasteiger partial charge in [-0.05, 0) is 12.1 Å². The van der Waals surface area contributed by atoms with Gasteiger partial charge < -0.3 is 5.32 Å². The third-order valence-electron chi connectivity index (χ3n) is 2.68. The number of aromatic nitrogens is 1. The molecule has 1 aromatic heterocycles. The second kappa shape index (κ2) is 6.23. The molecule has 1 N–H and O–H groups in total. The maximum absolute atomic E-state index is 4.34. The lowest BCUT2D eigenvalue weighted by molar-refractivity contribution is 0.244. The highest BCUT2D eigenvalue weighted by molar-refractivity contribution is 7.99. The highest BCUT2D eigenvalue weighted by Gasteiger charge is 2.13. The maximum Gasteiger partial charge on any atom is 0.0962 e. The normalized spacial score (nSPS) is 19.6. The molecule has 0 aliphatic carbocycles. The Hall–Kier alpha value is -0.580. The zero-order valence-electron chi connectivity index (χ0n) is 9.72. The standard InChI is InChI=1S/C12H19N3S/c1-11(10-15-8-6-13-7-9-15)16-12-4-2-3-5-14-12/h2-5,11,13H,6-10H2,1H3. The van der Waals surface area contributed by atoms with Crippen LogP contribution in [0.15, 0.2) is 29.4 Å². The predicted molar refractivity (Wildman–Crippen MR) is 68.9 cm³/mol. The Bertz CT molecular complexity index is 298. The van der Waals surface area contributed by atoms with Crippen molar-refractivity contribution in [3.8, 4) is 0 Å². The van der Waals surface area contributed by atoms with Crippen LogP contribution in [0.5, 0.6) is 0 Å². The van der Waals surface area contributed by atoms with E-state index >= 15 is 0 Å². The molecule has 0 saturated carbocycles. The number of nitrogens with zero attached hydrogens (tertiary/aromatic N) is 2. The van der Waals surface area contributed by atoms with Gasteiger partial charge in [0.15, 0.2) is 0 Å². The Balaban J connectivity index is 1.77. The van der Waals surface area contributed by atoms with Crippen LogP contribution in [0.3, 0.4) is 0 Å². The molecule has 1 aliphatic rings. The third-order valence-corrected chi connectivity index (χ3v) is 3.72. The molecule has 1 saturated heterocycles. The zero-order valence-corrected chi connectivity index (χ0v) is 10.5. The number of piperazine rings is 1. The first-order chi connectivity index (χ1) is 7.84. The van der Waals surface area contributed by atoms with Crippen molar-refractivity contribution in [2.45, 2.75) is 17.2 Å². The predicted octanol–water partition coefficient (Wildman–Crippen LogP) is 1.47. The van der Waals surface area contributed by atoms with Crippen molar-refractivity contribution >= 4 is 11.8 Å². The molecule has 16 heavy (non-hydrogen) atoms. The highest BCUT2D eigenvalue weighted by Crippen LogP contribution is 2.21. The molecule has 2 rings (SSSR count). The van der Waals surface area contributed by atoms with Gasteiger partial charge in [-0.15, -0.1) is 11.8 Å². The molecule has 3 nitrogen and oxygen atoms in total. The maximum atomic E-state index is 4.34. The van der Waals surface area contributed by atoms with Crippen molar-refractivity contribution in [3.63, 3.8) is 0 Å². The molecular formula is C12H19N3S. The van der Waals surface area contributed by atoms with Crippen LogP contribution in [0.4, 0.5) is 0 Å². The van der Waals surface area contributed by atoms with Gasteiger partial charge >= 0.3 is 0 Å². The van der Waals surface area contributed by atoms with E-state index in [9.17, 15) is 0 Å². The Morgan fingerprint density at radius 1 is 1.44 bits per heavy atom. The number of hydrogen-bond donors (Lipinski definition) is 1. The Morgan fingerprint density at radius 3 is 2.94 bits per heavy atom. The van der Waals surface area contributed by atoms with Crippen LogP contribution in [0.25, 0.3) is 0 Å². The van der Waals surface area contributed by atoms with Gasteiger partial charge in [-0.25, -0.2) is 4.98 Å². The Kier molecular flexibility index (Phi) is 4.63. The molecule has 0 spiro atoms. The summed E-state index contributed by atoms with van der Waals surface area (Å²) in [4.78, 5) is 6.87. The molecule has 88 valence electrons. The summed E-state index contributed by atoms with van der Waals surface area (Å²) in [5.74, 6) is 0. The number of nitrogens with one attached hydrogen (secondary N) is 1. The minimum Gasteiger partial charge on any atom is -0.314 e. The summed E-state index contributed by atoms with van der Waals surface area (Å²) >= 11 is 1.86. The summed E-state index contributed by atoms with van der Waals surface area (Å²) in [5, 5.41) is 5.11. The Labute approximate surface area is 102 Å². The molecule has 1 atom stereocenters. The highest BCUT2D eigenvalue weighted by atomic mass is 32.2. The molecule has 0 aromatic carbocycles. The number of thioether (sulfide) groups is 1. The van der Waals surface area contributed by atoms with Crippen molar-refractivity contribution in [2.75, 3.05) is 32.7 Å². The van der Waals surface area contributed by atoms with Crippen molar-refractivity contribution in [1.82, 2.24) is 15.2 Å². The molecule has 1 aromatic rings. The summed E-state index contributed by atoms with van der Waals surface area (Å²) in [5.41, 5.74) is 0. The van der Waals surface area contributed by atoms with E-state index in [1.807, 2.05) is 30.1 Å². The van der Waals surface area contributed by atoms with E-state index < -0.39 is 0 Å². The van der Waals surface area contributed by atoms with Crippen LogP contribution in [-0.2, 0) is 0 Å². The second-order valence-electron chi connectivity index (χ2n) is 4.15. The van der Waals surface area contributed by atoms with E-state index in [0.717, 1.165) is 24.7 Å². The molecule has 0 radical (unpaired) electrons. The van der Waals surface area contributed by atoms with E-state index in [-0.39, 0.29) is 0 Å². The lowest BCUT2D eigenvalue weighted by atomic mass is 10.3. The van der Waals surface area contributed by atoms with Gasteiger partial charge in [0.05, 0.1) is 5.03 Å². The fraction of sp³-hybridized carbons (Fsp3) is 0.583. The van der Waals surface area contributed by atoms with Gasteiger partial charge in [-0.2, -0.15) is 0 Å². The number of rotatable bonds is 4. The van der Waals surface area contributed by atoms with Gasteiger partial charge in [-0.3, -0.25) is 4.90 Å². The van der Waals surface area contributed by atoms with E-state index in [1.165, 1.54) is 13.1 Å². The summed E-state index contributed by atoms with van der Waals surface area (Å²) in [6.45, 7) is 8.03. The monoisotopic (exact) mass is 237 g/mol. The average molecular weight is 237 g/mol. The fourth-order valence-corrected chi connectivity index (χ4v) is 2.89. The van der Waals surface area contributed by atoms with Crippen LogP contribution in [0.1, 0.15) is 6.92 Å². The number of hydrogen-bond acceptors (Lipinski definition) is 4. The fourth-order valence-electron chi connectivity index (χ4n) is 1.92. The van der Waals surface area contributed by atoms with Gasteiger partial charge in [0.25, 0.3) is 0 Å². The molecule has 1 fully saturated rings. The lowest BCUT2D eigenvalue weighted by Gasteiger charge is -2.29. The van der Waals surface area contributed by atoms with Gasteiger partial charge in [0, 0.05) is 44.2 Å². The molecule has 1 aliphatic heterocycles. The van der Waals surface area contributed by atoms with E-state index in [0.29, 0.717) is 5.25 Å². The summed E-state index contributed by atoms with van der Waals surface area (Å²) in [6, 6.07) is 6.09. The first-order valence-corrected chi connectivity index (χ1v) is 6.73. The quantitative estimate of drug-likeness (QED) is 0.803. The SMILES string of the molecule is CC(CN1CCNCC1)Sc1ccccn1. The molecule has 0 amide bonds. The van der Waals surface area contributed by atoms with E-state index in [1.54, 1.807) is 0 Å². The smallest absolute Gasteiger partial charge is 0.0962 e. The van der Waals surface area contributed by atoms with Crippen LogP contribution < -0.4 is 5.32 Å². The topological polar surface area (TPSA) is 28.2 Å². The van der Waals surface area contributed by atoms with Gasteiger partial charge in [0.2, 0.25) is 0 Å². The number of pyridine rings is 1. The average Bonchev–Trinajstić information content (AvgIpc) is 2.31. The van der Waals surface area contributed by atoms with Crippen LogP contribution >= 0.6 is 11.8 Å². The minimum absolute atomic E-state index is 0.605. The summed E-state index contributed by atoms with van der Waals surface area (Å²) in [6.07, 6.45) is 1.86. The minimum atomic E-state index is 0.605. The second-order valence-corrected chi connectivity index (χ2v) is 5.61. The first kappa shape index (κ1) is 11.9. The first-order valence-electron chi connectivity index (χ1n) is 5.85. The van der Waals surface area contributed by atoms with Crippen molar-refractivity contribution in [1.29, 1.82) is 0 Å². The summed E-state index contributed by atoms with van der Waals surface area (Å²) in [7, 11) is 0. The van der Waals surface area contributed by atoms with Crippen molar-refractivity contribution < 1.29 is 0 Å². The molecule has 2 heterocycles.